The van der Waals surface area contributed by atoms with Gasteiger partial charge in [0.15, 0.2) is 0 Å². The zero-order valence-electron chi connectivity index (χ0n) is 14.3. The topological polar surface area (TPSA) is 84.2 Å². The summed E-state index contributed by atoms with van der Waals surface area (Å²) in [7, 11) is 0. The summed E-state index contributed by atoms with van der Waals surface area (Å²) >= 11 is 0. The number of rotatable bonds is 7. The molecular formula is C18H23N3O3. The summed E-state index contributed by atoms with van der Waals surface area (Å²) in [4.78, 5) is 23.7. The molecule has 0 aliphatic heterocycles. The van der Waals surface area contributed by atoms with Crippen molar-refractivity contribution in [1.82, 2.24) is 10.5 Å². The summed E-state index contributed by atoms with van der Waals surface area (Å²) in [6.07, 6.45) is 1.38. The number of nitrogens with one attached hydrogen (secondary N) is 2. The van der Waals surface area contributed by atoms with Gasteiger partial charge >= 0.3 is 0 Å². The number of carbonyl (C=O) groups is 2. The maximum Gasteiger partial charge on any atom is 0.233 e. The van der Waals surface area contributed by atoms with Crippen LogP contribution in [0.2, 0.25) is 0 Å². The van der Waals surface area contributed by atoms with E-state index in [1.807, 2.05) is 39.0 Å². The van der Waals surface area contributed by atoms with Gasteiger partial charge in [-0.25, -0.2) is 0 Å². The van der Waals surface area contributed by atoms with Crippen molar-refractivity contribution in [3.63, 3.8) is 0 Å². The van der Waals surface area contributed by atoms with E-state index in [1.165, 1.54) is 0 Å². The van der Waals surface area contributed by atoms with Gasteiger partial charge in [-0.05, 0) is 51.3 Å². The maximum atomic E-state index is 11.9. The minimum atomic E-state index is -0.316. The fraction of sp³-hybridized carbons (Fsp3) is 0.389. The molecule has 0 spiro atoms. The van der Waals surface area contributed by atoms with Gasteiger partial charge in [0.1, 0.15) is 12.2 Å². The molecule has 1 heterocycles. The third kappa shape index (κ3) is 5.22. The first-order valence-corrected chi connectivity index (χ1v) is 8.00. The second kappa shape index (κ2) is 8.29. The lowest BCUT2D eigenvalue weighted by Crippen LogP contribution is -2.29. The zero-order chi connectivity index (χ0) is 17.5. The first-order chi connectivity index (χ1) is 11.5. The van der Waals surface area contributed by atoms with E-state index in [4.69, 9.17) is 4.52 Å². The highest BCUT2D eigenvalue weighted by atomic mass is 16.5. The van der Waals surface area contributed by atoms with E-state index in [0.717, 1.165) is 35.4 Å². The van der Waals surface area contributed by atoms with E-state index in [-0.39, 0.29) is 18.2 Å². The van der Waals surface area contributed by atoms with E-state index >= 15 is 0 Å². The summed E-state index contributed by atoms with van der Waals surface area (Å²) in [5.74, 6) is 0.221. The standard InChI is InChI=1S/C18H23N3O3/c1-12-6-4-7-15(10-12)20-18(23)11-17(22)19-9-5-8-16-13(2)21-24-14(16)3/h4,6-7,10H,5,8-9,11H2,1-3H3,(H,19,22)(H,20,23). The van der Waals surface area contributed by atoms with Crippen LogP contribution in [0, 0.1) is 20.8 Å². The molecule has 6 nitrogen and oxygen atoms in total. The Bertz CT molecular complexity index is 703. The van der Waals surface area contributed by atoms with Crippen LogP contribution in [0.1, 0.15) is 35.4 Å². The third-order valence-electron chi connectivity index (χ3n) is 3.73. The van der Waals surface area contributed by atoms with Crippen LogP contribution >= 0.6 is 0 Å². The summed E-state index contributed by atoms with van der Waals surface area (Å²) in [6.45, 7) is 6.24. The summed E-state index contributed by atoms with van der Waals surface area (Å²) < 4.78 is 5.10. The molecule has 0 aliphatic rings. The van der Waals surface area contributed by atoms with Crippen LogP contribution < -0.4 is 10.6 Å². The number of aromatic nitrogens is 1. The lowest BCUT2D eigenvalue weighted by molar-refractivity contribution is -0.126. The number of anilines is 1. The average molecular weight is 329 g/mol. The van der Waals surface area contributed by atoms with Crippen LogP contribution in [-0.4, -0.2) is 23.5 Å². The minimum absolute atomic E-state index is 0.181. The molecule has 0 fully saturated rings. The van der Waals surface area contributed by atoms with Gasteiger partial charge < -0.3 is 15.2 Å². The number of aryl methyl sites for hydroxylation is 3. The largest absolute Gasteiger partial charge is 0.361 e. The number of benzene rings is 1. The van der Waals surface area contributed by atoms with Crippen molar-refractivity contribution in [3.05, 3.63) is 46.8 Å². The molecule has 2 rings (SSSR count). The van der Waals surface area contributed by atoms with Crippen LogP contribution in [0.4, 0.5) is 5.69 Å². The average Bonchev–Trinajstić information content (AvgIpc) is 2.82. The fourth-order valence-electron chi connectivity index (χ4n) is 2.49. The van der Waals surface area contributed by atoms with Crippen molar-refractivity contribution in [2.45, 2.75) is 40.0 Å². The van der Waals surface area contributed by atoms with Gasteiger partial charge in [-0.15, -0.1) is 0 Å². The Labute approximate surface area is 141 Å². The molecule has 0 bridgehead atoms. The minimum Gasteiger partial charge on any atom is -0.361 e. The molecule has 0 aliphatic carbocycles. The second-order valence-electron chi connectivity index (χ2n) is 5.85. The fourth-order valence-corrected chi connectivity index (χ4v) is 2.49. The predicted molar refractivity (Wildman–Crippen MR) is 91.7 cm³/mol. The van der Waals surface area contributed by atoms with Crippen LogP contribution in [-0.2, 0) is 16.0 Å². The van der Waals surface area contributed by atoms with Crippen molar-refractivity contribution >= 4 is 17.5 Å². The molecule has 2 amide bonds. The smallest absolute Gasteiger partial charge is 0.233 e. The van der Waals surface area contributed by atoms with Crippen LogP contribution in [0.15, 0.2) is 28.8 Å². The molecule has 0 unspecified atom stereocenters. The van der Waals surface area contributed by atoms with Crippen LogP contribution in [0.5, 0.6) is 0 Å². The number of nitrogens with zero attached hydrogens (tertiary/aromatic N) is 1. The molecule has 1 aromatic heterocycles. The molecule has 6 heteroatoms. The van der Waals surface area contributed by atoms with Crippen molar-refractivity contribution in [3.8, 4) is 0 Å². The van der Waals surface area contributed by atoms with E-state index in [9.17, 15) is 9.59 Å². The zero-order valence-corrected chi connectivity index (χ0v) is 14.3. The number of hydrogen-bond donors (Lipinski definition) is 2. The Kier molecular flexibility index (Phi) is 6.12. The van der Waals surface area contributed by atoms with Crippen LogP contribution in [0.3, 0.4) is 0 Å². The molecule has 0 saturated carbocycles. The molecule has 0 saturated heterocycles. The van der Waals surface area contributed by atoms with Crippen molar-refractivity contribution in [2.75, 3.05) is 11.9 Å². The molecule has 0 atom stereocenters. The second-order valence-corrected chi connectivity index (χ2v) is 5.85. The Morgan fingerprint density at radius 1 is 1.17 bits per heavy atom. The third-order valence-corrected chi connectivity index (χ3v) is 3.73. The van der Waals surface area contributed by atoms with Crippen molar-refractivity contribution in [2.24, 2.45) is 0 Å². The Morgan fingerprint density at radius 3 is 2.62 bits per heavy atom. The maximum absolute atomic E-state index is 11.9. The van der Waals surface area contributed by atoms with Gasteiger partial charge in [0.05, 0.1) is 5.69 Å². The molecule has 128 valence electrons. The summed E-state index contributed by atoms with van der Waals surface area (Å²) in [5.41, 5.74) is 3.72. The number of hydrogen-bond acceptors (Lipinski definition) is 4. The van der Waals surface area contributed by atoms with E-state index in [2.05, 4.69) is 15.8 Å². The number of amides is 2. The van der Waals surface area contributed by atoms with Gasteiger partial charge in [-0.3, -0.25) is 9.59 Å². The quantitative estimate of drug-likeness (QED) is 0.604. The summed E-state index contributed by atoms with van der Waals surface area (Å²) in [6, 6.07) is 7.47. The Balaban J connectivity index is 1.68. The number of carbonyl (C=O) groups excluding carboxylic acids is 2. The van der Waals surface area contributed by atoms with Gasteiger partial charge in [-0.2, -0.15) is 0 Å². The monoisotopic (exact) mass is 329 g/mol. The van der Waals surface area contributed by atoms with Gasteiger partial charge in [0, 0.05) is 17.8 Å². The highest BCUT2D eigenvalue weighted by Crippen LogP contribution is 2.14. The highest BCUT2D eigenvalue weighted by molar-refractivity contribution is 6.03. The first kappa shape index (κ1) is 17.7. The molecule has 2 N–H and O–H groups in total. The van der Waals surface area contributed by atoms with E-state index in [1.54, 1.807) is 6.07 Å². The van der Waals surface area contributed by atoms with Crippen LogP contribution in [0.25, 0.3) is 0 Å². The van der Waals surface area contributed by atoms with Gasteiger partial charge in [-0.1, -0.05) is 17.3 Å². The van der Waals surface area contributed by atoms with E-state index in [0.29, 0.717) is 12.2 Å². The Morgan fingerprint density at radius 2 is 1.96 bits per heavy atom. The van der Waals surface area contributed by atoms with Gasteiger partial charge in [0.2, 0.25) is 11.8 Å². The molecule has 24 heavy (non-hydrogen) atoms. The summed E-state index contributed by atoms with van der Waals surface area (Å²) in [5, 5.41) is 9.38. The predicted octanol–water partition coefficient (Wildman–Crippen LogP) is 2.68. The lowest BCUT2D eigenvalue weighted by atomic mass is 10.1. The Hall–Kier alpha value is -2.63. The lowest BCUT2D eigenvalue weighted by Gasteiger charge is -2.07. The molecule has 0 radical (unpaired) electrons. The molecule has 2 aromatic rings. The first-order valence-electron chi connectivity index (χ1n) is 8.00. The van der Waals surface area contributed by atoms with Crippen molar-refractivity contribution < 1.29 is 14.1 Å². The molecular weight excluding hydrogens is 306 g/mol. The molecule has 1 aromatic carbocycles. The van der Waals surface area contributed by atoms with Crippen molar-refractivity contribution in [1.29, 1.82) is 0 Å². The highest BCUT2D eigenvalue weighted by Gasteiger charge is 2.11. The van der Waals surface area contributed by atoms with E-state index < -0.39 is 0 Å². The SMILES string of the molecule is Cc1cccc(NC(=O)CC(=O)NCCCc2c(C)noc2C)c1. The normalized spacial score (nSPS) is 10.5. The van der Waals surface area contributed by atoms with Gasteiger partial charge in [0.25, 0.3) is 0 Å².